The molecule has 76 valence electrons. The predicted octanol–water partition coefficient (Wildman–Crippen LogP) is 3.00. The number of hydrogen-bond acceptors (Lipinski definition) is 2. The van der Waals surface area contributed by atoms with Gasteiger partial charge in [-0.1, -0.05) is 13.8 Å². The van der Waals surface area contributed by atoms with Gasteiger partial charge in [0.05, 0.1) is 0 Å². The summed E-state index contributed by atoms with van der Waals surface area (Å²) in [6.07, 6.45) is 4.85. The molecule has 1 aromatic rings. The Morgan fingerprint density at radius 1 is 1.57 bits per heavy atom. The summed E-state index contributed by atoms with van der Waals surface area (Å²) in [7, 11) is 0. The van der Waals surface area contributed by atoms with Gasteiger partial charge in [0.1, 0.15) is 5.78 Å². The highest BCUT2D eigenvalue weighted by atomic mass is 79.9. The van der Waals surface area contributed by atoms with Gasteiger partial charge in [-0.15, -0.1) is 0 Å². The summed E-state index contributed by atoms with van der Waals surface area (Å²) in [5.41, 5.74) is 0.977. The molecule has 0 aromatic carbocycles. The zero-order valence-electron chi connectivity index (χ0n) is 8.46. The van der Waals surface area contributed by atoms with Crippen molar-refractivity contribution in [3.05, 3.63) is 28.5 Å². The van der Waals surface area contributed by atoms with Crippen LogP contribution >= 0.6 is 15.9 Å². The van der Waals surface area contributed by atoms with E-state index in [0.717, 1.165) is 16.5 Å². The number of pyridine rings is 1. The summed E-state index contributed by atoms with van der Waals surface area (Å²) < 4.78 is 0.923. The molecule has 2 nitrogen and oxygen atoms in total. The van der Waals surface area contributed by atoms with Crippen LogP contribution in [0.5, 0.6) is 0 Å². The van der Waals surface area contributed by atoms with Gasteiger partial charge in [0.2, 0.25) is 0 Å². The standard InChI is InChI=1S/C11H14BrNO/c1-3-8(2)11(14)5-9-4-10(12)7-13-6-9/h4,6-8H,3,5H2,1-2H3. The molecule has 0 N–H and O–H groups in total. The van der Waals surface area contributed by atoms with E-state index < -0.39 is 0 Å². The lowest BCUT2D eigenvalue weighted by Gasteiger charge is -2.06. The van der Waals surface area contributed by atoms with Crippen molar-refractivity contribution < 1.29 is 4.79 Å². The number of carbonyl (C=O) groups is 1. The maximum absolute atomic E-state index is 11.6. The summed E-state index contributed by atoms with van der Waals surface area (Å²) in [5, 5.41) is 0. The second-order valence-electron chi connectivity index (χ2n) is 3.46. The van der Waals surface area contributed by atoms with Gasteiger partial charge in [-0.05, 0) is 34.0 Å². The van der Waals surface area contributed by atoms with E-state index in [1.165, 1.54) is 0 Å². The molecule has 3 heteroatoms. The molecular weight excluding hydrogens is 242 g/mol. The highest BCUT2D eigenvalue weighted by Crippen LogP contribution is 2.12. The maximum Gasteiger partial charge on any atom is 0.140 e. The van der Waals surface area contributed by atoms with Gasteiger partial charge in [-0.3, -0.25) is 9.78 Å². The van der Waals surface area contributed by atoms with E-state index >= 15 is 0 Å². The van der Waals surface area contributed by atoms with Crippen molar-refractivity contribution in [1.82, 2.24) is 4.98 Å². The van der Waals surface area contributed by atoms with E-state index in [4.69, 9.17) is 0 Å². The van der Waals surface area contributed by atoms with Crippen LogP contribution in [0.4, 0.5) is 0 Å². The Hall–Kier alpha value is -0.700. The summed E-state index contributed by atoms with van der Waals surface area (Å²) in [4.78, 5) is 15.6. The van der Waals surface area contributed by atoms with Crippen molar-refractivity contribution in [3.63, 3.8) is 0 Å². The van der Waals surface area contributed by atoms with Gasteiger partial charge in [0, 0.05) is 29.2 Å². The Morgan fingerprint density at radius 3 is 2.86 bits per heavy atom. The number of rotatable bonds is 4. The first-order chi connectivity index (χ1) is 6.63. The fourth-order valence-electron chi connectivity index (χ4n) is 1.16. The molecule has 0 radical (unpaired) electrons. The van der Waals surface area contributed by atoms with Crippen LogP contribution in [0.2, 0.25) is 0 Å². The minimum atomic E-state index is 0.147. The van der Waals surface area contributed by atoms with Crippen LogP contribution in [0.25, 0.3) is 0 Å². The number of Topliss-reactive ketones (excluding diaryl/α,β-unsaturated/α-hetero) is 1. The molecule has 1 unspecified atom stereocenters. The minimum absolute atomic E-state index is 0.147. The van der Waals surface area contributed by atoms with E-state index in [-0.39, 0.29) is 11.7 Å². The lowest BCUT2D eigenvalue weighted by molar-refractivity contribution is -0.121. The van der Waals surface area contributed by atoms with Crippen molar-refractivity contribution in [1.29, 1.82) is 0 Å². The molecule has 14 heavy (non-hydrogen) atoms. The summed E-state index contributed by atoms with van der Waals surface area (Å²) >= 11 is 3.33. The third-order valence-corrected chi connectivity index (χ3v) is 2.74. The summed E-state index contributed by atoms with van der Waals surface area (Å²) in [6, 6.07) is 1.94. The smallest absolute Gasteiger partial charge is 0.140 e. The number of aromatic nitrogens is 1. The van der Waals surface area contributed by atoms with Gasteiger partial charge >= 0.3 is 0 Å². The molecular formula is C11H14BrNO. The van der Waals surface area contributed by atoms with E-state index in [1.54, 1.807) is 12.4 Å². The highest BCUT2D eigenvalue weighted by molar-refractivity contribution is 9.10. The molecule has 0 aliphatic rings. The van der Waals surface area contributed by atoms with Crippen molar-refractivity contribution in [2.45, 2.75) is 26.7 Å². The van der Waals surface area contributed by atoms with Gasteiger partial charge in [-0.2, -0.15) is 0 Å². The molecule has 1 aromatic heterocycles. The molecule has 1 heterocycles. The molecule has 0 saturated heterocycles. The molecule has 0 aliphatic carbocycles. The average Bonchev–Trinajstić information content (AvgIpc) is 2.16. The third kappa shape index (κ3) is 3.22. The largest absolute Gasteiger partial charge is 0.299 e. The van der Waals surface area contributed by atoms with Crippen LogP contribution < -0.4 is 0 Å². The Labute approximate surface area is 92.9 Å². The summed E-state index contributed by atoms with van der Waals surface area (Å²) in [6.45, 7) is 4.00. The minimum Gasteiger partial charge on any atom is -0.299 e. The van der Waals surface area contributed by atoms with Crippen LogP contribution in [0.3, 0.4) is 0 Å². The molecule has 0 aliphatic heterocycles. The molecule has 0 spiro atoms. The van der Waals surface area contributed by atoms with Crippen molar-refractivity contribution in [2.75, 3.05) is 0 Å². The van der Waals surface area contributed by atoms with Gasteiger partial charge < -0.3 is 0 Å². The Morgan fingerprint density at radius 2 is 2.29 bits per heavy atom. The lowest BCUT2D eigenvalue weighted by atomic mass is 9.98. The fraction of sp³-hybridized carbons (Fsp3) is 0.455. The second kappa shape index (κ2) is 5.25. The highest BCUT2D eigenvalue weighted by Gasteiger charge is 2.11. The molecule has 1 rings (SSSR count). The fourth-order valence-corrected chi connectivity index (χ4v) is 1.57. The van der Waals surface area contributed by atoms with E-state index in [9.17, 15) is 4.79 Å². The lowest BCUT2D eigenvalue weighted by Crippen LogP contribution is -2.12. The number of nitrogens with zero attached hydrogens (tertiary/aromatic N) is 1. The van der Waals surface area contributed by atoms with Crippen LogP contribution in [0.1, 0.15) is 25.8 Å². The predicted molar refractivity (Wildman–Crippen MR) is 60.1 cm³/mol. The summed E-state index contributed by atoms with van der Waals surface area (Å²) in [5.74, 6) is 0.432. The van der Waals surface area contributed by atoms with Crippen molar-refractivity contribution in [3.8, 4) is 0 Å². The van der Waals surface area contributed by atoms with E-state index in [2.05, 4.69) is 20.9 Å². The van der Waals surface area contributed by atoms with E-state index in [0.29, 0.717) is 6.42 Å². The van der Waals surface area contributed by atoms with E-state index in [1.807, 2.05) is 19.9 Å². The zero-order valence-corrected chi connectivity index (χ0v) is 10.0. The maximum atomic E-state index is 11.6. The van der Waals surface area contributed by atoms with Crippen molar-refractivity contribution in [2.24, 2.45) is 5.92 Å². The Balaban J connectivity index is 2.65. The van der Waals surface area contributed by atoms with Crippen LogP contribution in [-0.2, 0) is 11.2 Å². The monoisotopic (exact) mass is 255 g/mol. The molecule has 0 bridgehead atoms. The van der Waals surface area contributed by atoms with Crippen LogP contribution in [-0.4, -0.2) is 10.8 Å². The SMILES string of the molecule is CCC(C)C(=O)Cc1cncc(Br)c1. The Bertz CT molecular complexity index is 325. The Kier molecular flexibility index (Phi) is 4.26. The second-order valence-corrected chi connectivity index (χ2v) is 4.38. The molecule has 1 atom stereocenters. The van der Waals surface area contributed by atoms with Gasteiger partial charge in [0.15, 0.2) is 0 Å². The topological polar surface area (TPSA) is 30.0 Å². The molecule has 0 saturated carbocycles. The third-order valence-electron chi connectivity index (χ3n) is 2.30. The van der Waals surface area contributed by atoms with Crippen LogP contribution in [0.15, 0.2) is 22.9 Å². The first-order valence-corrected chi connectivity index (χ1v) is 5.55. The van der Waals surface area contributed by atoms with Crippen molar-refractivity contribution >= 4 is 21.7 Å². The molecule has 0 amide bonds. The average molecular weight is 256 g/mol. The molecule has 0 fully saturated rings. The number of hydrogen-bond donors (Lipinski definition) is 0. The number of carbonyl (C=O) groups excluding carboxylic acids is 1. The first kappa shape index (κ1) is 11.4. The van der Waals surface area contributed by atoms with Gasteiger partial charge in [0.25, 0.3) is 0 Å². The van der Waals surface area contributed by atoms with Crippen LogP contribution in [0, 0.1) is 5.92 Å². The first-order valence-electron chi connectivity index (χ1n) is 4.75. The normalized spacial score (nSPS) is 12.5. The number of ketones is 1. The number of halogens is 1. The van der Waals surface area contributed by atoms with Gasteiger partial charge in [-0.25, -0.2) is 0 Å². The zero-order chi connectivity index (χ0) is 10.6. The quantitative estimate of drug-likeness (QED) is 0.828.